The largest absolute Gasteiger partial charge is 0.494 e. The average Bonchev–Trinajstić information content (AvgIpc) is 2.69. The van der Waals surface area contributed by atoms with Gasteiger partial charge in [-0.1, -0.05) is 18.6 Å². The van der Waals surface area contributed by atoms with E-state index in [9.17, 15) is 4.79 Å². The topological polar surface area (TPSA) is 36.0 Å². The second kappa shape index (κ2) is 10.1. The maximum Gasteiger partial charge on any atom is 0.222 e. The molecular formula is C22H35N3O2. The third-order valence-corrected chi connectivity index (χ3v) is 5.98. The first-order valence-electron chi connectivity index (χ1n) is 10.6. The number of hydrogen-bond donors (Lipinski definition) is 0. The standard InChI is InChI=1S/C22H35N3O2/c1-3-27-21-10-7-19(8-11-21)18-24-14-16-25(17-15-24)22(26)12-9-20-6-4-5-13-23(20)2/h7-8,10-11,20H,3-6,9,12-18H2,1-2H3. The third kappa shape index (κ3) is 5.94. The number of hydrogen-bond acceptors (Lipinski definition) is 4. The zero-order valence-electron chi connectivity index (χ0n) is 17.0. The molecule has 3 rings (SSSR count). The van der Waals surface area contributed by atoms with Crippen molar-refractivity contribution in [3.05, 3.63) is 29.8 Å². The Morgan fingerprint density at radius 3 is 2.48 bits per heavy atom. The molecule has 0 N–H and O–H groups in total. The highest BCUT2D eigenvalue weighted by Gasteiger charge is 2.24. The number of benzene rings is 1. The molecule has 1 amide bonds. The van der Waals surface area contributed by atoms with Gasteiger partial charge < -0.3 is 14.5 Å². The van der Waals surface area contributed by atoms with Crippen molar-refractivity contribution in [2.24, 2.45) is 0 Å². The molecule has 2 saturated heterocycles. The Labute approximate surface area is 164 Å². The monoisotopic (exact) mass is 373 g/mol. The van der Waals surface area contributed by atoms with E-state index in [1.165, 1.54) is 31.4 Å². The predicted octanol–water partition coefficient (Wildman–Crippen LogP) is 2.99. The SMILES string of the molecule is CCOc1ccc(CN2CCN(C(=O)CCC3CCCCN3C)CC2)cc1. The number of rotatable bonds is 7. The van der Waals surface area contributed by atoms with Crippen LogP contribution in [0.3, 0.4) is 0 Å². The van der Waals surface area contributed by atoms with Crippen molar-refractivity contribution in [2.75, 3.05) is 46.4 Å². The van der Waals surface area contributed by atoms with E-state index in [1.807, 2.05) is 19.1 Å². The summed E-state index contributed by atoms with van der Waals surface area (Å²) in [5.41, 5.74) is 1.30. The molecule has 1 aromatic rings. The smallest absolute Gasteiger partial charge is 0.222 e. The van der Waals surface area contributed by atoms with E-state index in [0.717, 1.165) is 44.9 Å². The summed E-state index contributed by atoms with van der Waals surface area (Å²) in [6.45, 7) is 8.47. The molecule has 1 atom stereocenters. The van der Waals surface area contributed by atoms with Crippen LogP contribution < -0.4 is 4.74 Å². The number of carbonyl (C=O) groups excluding carboxylic acids is 1. The third-order valence-electron chi connectivity index (χ3n) is 5.98. The highest BCUT2D eigenvalue weighted by Crippen LogP contribution is 2.20. The van der Waals surface area contributed by atoms with E-state index < -0.39 is 0 Å². The lowest BCUT2D eigenvalue weighted by atomic mass is 9.98. The van der Waals surface area contributed by atoms with Crippen molar-refractivity contribution in [3.8, 4) is 5.75 Å². The van der Waals surface area contributed by atoms with Crippen molar-refractivity contribution in [3.63, 3.8) is 0 Å². The molecule has 5 nitrogen and oxygen atoms in total. The Kier molecular flexibility index (Phi) is 7.53. The maximum absolute atomic E-state index is 12.6. The van der Waals surface area contributed by atoms with Gasteiger partial charge in [0.05, 0.1) is 6.61 Å². The summed E-state index contributed by atoms with van der Waals surface area (Å²) in [7, 11) is 2.20. The van der Waals surface area contributed by atoms with Crippen molar-refractivity contribution in [2.45, 2.75) is 51.6 Å². The molecule has 27 heavy (non-hydrogen) atoms. The first-order chi connectivity index (χ1) is 13.2. The first kappa shape index (κ1) is 20.2. The molecule has 2 fully saturated rings. The molecule has 5 heteroatoms. The predicted molar refractivity (Wildman–Crippen MR) is 109 cm³/mol. The molecule has 150 valence electrons. The lowest BCUT2D eigenvalue weighted by molar-refractivity contribution is -0.133. The van der Waals surface area contributed by atoms with Crippen LogP contribution in [0, 0.1) is 0 Å². The molecule has 2 heterocycles. The number of amides is 1. The van der Waals surface area contributed by atoms with E-state index in [2.05, 4.69) is 33.9 Å². The van der Waals surface area contributed by atoms with E-state index in [1.54, 1.807) is 0 Å². The fraction of sp³-hybridized carbons (Fsp3) is 0.682. The first-order valence-corrected chi connectivity index (χ1v) is 10.6. The second-order valence-corrected chi connectivity index (χ2v) is 7.90. The van der Waals surface area contributed by atoms with Gasteiger partial charge in [0.2, 0.25) is 5.91 Å². The lowest BCUT2D eigenvalue weighted by Gasteiger charge is -2.36. The molecule has 0 aromatic heterocycles. The zero-order chi connectivity index (χ0) is 19.1. The summed E-state index contributed by atoms with van der Waals surface area (Å²) in [6, 6.07) is 8.97. The van der Waals surface area contributed by atoms with Gasteiger partial charge in [-0.05, 0) is 57.5 Å². The summed E-state index contributed by atoms with van der Waals surface area (Å²) in [6.07, 6.45) is 5.58. The quantitative estimate of drug-likeness (QED) is 0.736. The minimum atomic E-state index is 0.342. The minimum absolute atomic E-state index is 0.342. The number of ether oxygens (including phenoxy) is 1. The second-order valence-electron chi connectivity index (χ2n) is 7.90. The molecule has 0 radical (unpaired) electrons. The van der Waals surface area contributed by atoms with E-state index >= 15 is 0 Å². The summed E-state index contributed by atoms with van der Waals surface area (Å²) in [4.78, 5) is 19.5. The van der Waals surface area contributed by atoms with Crippen LogP contribution in [0.25, 0.3) is 0 Å². The van der Waals surface area contributed by atoms with Gasteiger partial charge in [0.1, 0.15) is 5.75 Å². The van der Waals surface area contributed by atoms with Crippen LogP contribution in [0.2, 0.25) is 0 Å². The number of piperidine rings is 1. The van der Waals surface area contributed by atoms with Crippen molar-refractivity contribution in [1.82, 2.24) is 14.7 Å². The molecule has 0 aliphatic carbocycles. The molecule has 0 spiro atoms. The molecule has 1 unspecified atom stereocenters. The number of likely N-dealkylation sites (tertiary alicyclic amines) is 1. The lowest BCUT2D eigenvalue weighted by Crippen LogP contribution is -2.48. The molecule has 2 aliphatic heterocycles. The van der Waals surface area contributed by atoms with Crippen LogP contribution in [0.1, 0.15) is 44.6 Å². The van der Waals surface area contributed by atoms with Crippen LogP contribution in [-0.2, 0) is 11.3 Å². The summed E-state index contributed by atoms with van der Waals surface area (Å²) >= 11 is 0. The highest BCUT2D eigenvalue weighted by atomic mass is 16.5. The molecule has 0 saturated carbocycles. The Morgan fingerprint density at radius 1 is 1.07 bits per heavy atom. The highest BCUT2D eigenvalue weighted by molar-refractivity contribution is 5.76. The van der Waals surface area contributed by atoms with E-state index in [0.29, 0.717) is 25.0 Å². The Balaban J connectivity index is 1.38. The molecule has 0 bridgehead atoms. The van der Waals surface area contributed by atoms with Crippen LogP contribution in [-0.4, -0.2) is 73.0 Å². The van der Waals surface area contributed by atoms with Gasteiger partial charge in [-0.3, -0.25) is 9.69 Å². The van der Waals surface area contributed by atoms with Gasteiger partial charge in [0.25, 0.3) is 0 Å². The normalized spacial score (nSPS) is 22.0. The van der Waals surface area contributed by atoms with Crippen molar-refractivity contribution >= 4 is 5.91 Å². The fourth-order valence-corrected chi connectivity index (χ4v) is 4.23. The van der Waals surface area contributed by atoms with Gasteiger partial charge >= 0.3 is 0 Å². The summed E-state index contributed by atoms with van der Waals surface area (Å²) in [5.74, 6) is 1.27. The van der Waals surface area contributed by atoms with Crippen LogP contribution in [0.15, 0.2) is 24.3 Å². The van der Waals surface area contributed by atoms with Crippen LogP contribution >= 0.6 is 0 Å². The molecule has 2 aliphatic rings. The minimum Gasteiger partial charge on any atom is -0.494 e. The molecule has 1 aromatic carbocycles. The van der Waals surface area contributed by atoms with E-state index in [-0.39, 0.29) is 0 Å². The summed E-state index contributed by atoms with van der Waals surface area (Å²) < 4.78 is 5.50. The van der Waals surface area contributed by atoms with Crippen molar-refractivity contribution < 1.29 is 9.53 Å². The summed E-state index contributed by atoms with van der Waals surface area (Å²) in [5, 5.41) is 0. The van der Waals surface area contributed by atoms with Gasteiger partial charge in [0, 0.05) is 45.2 Å². The van der Waals surface area contributed by atoms with E-state index in [4.69, 9.17) is 4.74 Å². The van der Waals surface area contributed by atoms with Crippen molar-refractivity contribution in [1.29, 1.82) is 0 Å². The zero-order valence-corrected chi connectivity index (χ0v) is 17.0. The number of nitrogens with zero attached hydrogens (tertiary/aromatic N) is 3. The van der Waals surface area contributed by atoms with Gasteiger partial charge in [-0.25, -0.2) is 0 Å². The number of piperazine rings is 1. The Morgan fingerprint density at radius 2 is 1.81 bits per heavy atom. The fourth-order valence-electron chi connectivity index (χ4n) is 4.23. The average molecular weight is 374 g/mol. The van der Waals surface area contributed by atoms with Gasteiger partial charge in [-0.15, -0.1) is 0 Å². The molecular weight excluding hydrogens is 338 g/mol. The van der Waals surface area contributed by atoms with Crippen LogP contribution in [0.4, 0.5) is 0 Å². The Bertz CT molecular complexity index is 582. The van der Waals surface area contributed by atoms with Crippen LogP contribution in [0.5, 0.6) is 5.75 Å². The van der Waals surface area contributed by atoms with Gasteiger partial charge in [-0.2, -0.15) is 0 Å². The number of carbonyl (C=O) groups is 1. The van der Waals surface area contributed by atoms with Gasteiger partial charge in [0.15, 0.2) is 0 Å². The maximum atomic E-state index is 12.6. The Hall–Kier alpha value is -1.59.